The maximum Gasteiger partial charge on any atom is 0.341 e. The number of nitrogens with zero attached hydrogens (tertiary/aromatic N) is 3. The number of esters is 1. The first kappa shape index (κ1) is 22.3. The van der Waals surface area contributed by atoms with E-state index >= 15 is 0 Å². The van der Waals surface area contributed by atoms with E-state index < -0.39 is 5.97 Å². The highest BCUT2D eigenvalue weighted by atomic mass is 32.1. The number of hydrogen-bond donors (Lipinski definition) is 1. The molecule has 174 valence electrons. The molecule has 0 spiro atoms. The van der Waals surface area contributed by atoms with E-state index in [1.54, 1.807) is 17.5 Å². The van der Waals surface area contributed by atoms with Crippen LogP contribution >= 0.6 is 11.3 Å². The number of carbonyl (C=O) groups excluding carboxylic acids is 1. The van der Waals surface area contributed by atoms with Crippen LogP contribution in [0.5, 0.6) is 0 Å². The molecule has 1 aliphatic carbocycles. The van der Waals surface area contributed by atoms with Crippen molar-refractivity contribution >= 4 is 28.9 Å². The summed E-state index contributed by atoms with van der Waals surface area (Å²) in [5, 5.41) is 10.1. The Hall–Kier alpha value is -3.45. The molecule has 3 aromatic heterocycles. The van der Waals surface area contributed by atoms with Gasteiger partial charge in [-0.05, 0) is 66.3 Å². The van der Waals surface area contributed by atoms with Crippen molar-refractivity contribution in [1.29, 1.82) is 0 Å². The number of ether oxygens (including phenoxy) is 1. The summed E-state index contributed by atoms with van der Waals surface area (Å²) in [6.45, 7) is 4.39. The summed E-state index contributed by atoms with van der Waals surface area (Å²) in [7, 11) is 1.38. The second-order valence-electron chi connectivity index (χ2n) is 9.11. The third-order valence-corrected chi connectivity index (χ3v) is 6.85. The first-order chi connectivity index (χ1) is 16.5. The van der Waals surface area contributed by atoms with Crippen LogP contribution in [-0.4, -0.2) is 27.8 Å². The number of aromatic nitrogens is 3. The molecule has 0 bridgehead atoms. The van der Waals surface area contributed by atoms with Gasteiger partial charge in [-0.2, -0.15) is 0 Å². The van der Waals surface area contributed by atoms with Crippen molar-refractivity contribution in [3.05, 3.63) is 76.9 Å². The lowest BCUT2D eigenvalue weighted by Gasteiger charge is -2.10. The largest absolute Gasteiger partial charge is 0.465 e. The minimum absolute atomic E-state index is 0.377. The number of thiophene rings is 1. The van der Waals surface area contributed by atoms with E-state index in [0.717, 1.165) is 34.2 Å². The number of benzene rings is 1. The molecule has 6 nitrogen and oxygen atoms in total. The van der Waals surface area contributed by atoms with Crippen LogP contribution in [0.3, 0.4) is 0 Å². The summed E-state index contributed by atoms with van der Waals surface area (Å²) < 4.78 is 7.02. The van der Waals surface area contributed by atoms with Crippen LogP contribution in [0.4, 0.5) is 11.6 Å². The lowest BCUT2D eigenvalue weighted by molar-refractivity contribution is 0.0601. The van der Waals surface area contributed by atoms with Crippen LogP contribution in [0.2, 0.25) is 0 Å². The zero-order valence-electron chi connectivity index (χ0n) is 19.6. The number of carbonyl (C=O) groups is 1. The fourth-order valence-electron chi connectivity index (χ4n) is 4.10. The van der Waals surface area contributed by atoms with Gasteiger partial charge in [0.1, 0.15) is 11.4 Å². The standard InChI is InChI=1S/C27H28N4O2S/c1-17(2)13-22-15-25(30-31(22)21-10-8-19(9-11-21)18-6-7-18)29-26-23(27(32)33-3)14-20(16-28-26)24-5-4-12-34-24/h4-5,8-12,14-18H,6-7,13H2,1-3H3,(H,28,29,30). The Morgan fingerprint density at radius 1 is 1.21 bits per heavy atom. The van der Waals surface area contributed by atoms with E-state index in [0.29, 0.717) is 23.1 Å². The van der Waals surface area contributed by atoms with E-state index in [-0.39, 0.29) is 0 Å². The molecule has 34 heavy (non-hydrogen) atoms. The Balaban J connectivity index is 1.48. The Bertz CT molecular complexity index is 1290. The molecular formula is C27H28N4O2S. The first-order valence-corrected chi connectivity index (χ1v) is 12.5. The van der Waals surface area contributed by atoms with Gasteiger partial charge in [0.15, 0.2) is 5.82 Å². The predicted molar refractivity (Wildman–Crippen MR) is 136 cm³/mol. The number of rotatable bonds is 8. The molecule has 3 heterocycles. The number of pyridine rings is 1. The van der Waals surface area contributed by atoms with E-state index in [1.807, 2.05) is 34.3 Å². The van der Waals surface area contributed by atoms with Gasteiger partial charge in [0.25, 0.3) is 0 Å². The van der Waals surface area contributed by atoms with E-state index in [4.69, 9.17) is 9.84 Å². The van der Waals surface area contributed by atoms with Crippen LogP contribution in [0, 0.1) is 5.92 Å². The van der Waals surface area contributed by atoms with E-state index in [2.05, 4.69) is 48.4 Å². The number of anilines is 2. The van der Waals surface area contributed by atoms with Gasteiger partial charge >= 0.3 is 5.97 Å². The quantitative estimate of drug-likeness (QED) is 0.293. The minimum Gasteiger partial charge on any atom is -0.465 e. The molecule has 1 aliphatic rings. The summed E-state index contributed by atoms with van der Waals surface area (Å²) in [5.74, 6) is 1.83. The third kappa shape index (κ3) is 4.75. The highest BCUT2D eigenvalue weighted by Gasteiger charge is 2.23. The maximum atomic E-state index is 12.6. The molecule has 1 N–H and O–H groups in total. The van der Waals surface area contributed by atoms with Gasteiger partial charge in [0.2, 0.25) is 0 Å². The second kappa shape index (κ2) is 9.43. The molecule has 0 amide bonds. The number of hydrogen-bond acceptors (Lipinski definition) is 6. The van der Waals surface area contributed by atoms with Crippen molar-refractivity contribution in [2.45, 2.75) is 39.0 Å². The zero-order valence-corrected chi connectivity index (χ0v) is 20.4. The third-order valence-electron chi connectivity index (χ3n) is 5.93. The van der Waals surface area contributed by atoms with Gasteiger partial charge in [-0.25, -0.2) is 14.5 Å². The van der Waals surface area contributed by atoms with Gasteiger partial charge in [-0.3, -0.25) is 0 Å². The lowest BCUT2D eigenvalue weighted by atomic mass is 10.1. The molecule has 1 saturated carbocycles. The van der Waals surface area contributed by atoms with Gasteiger partial charge < -0.3 is 10.1 Å². The molecule has 0 unspecified atom stereocenters. The first-order valence-electron chi connectivity index (χ1n) is 11.6. The van der Waals surface area contributed by atoms with Crippen molar-refractivity contribution < 1.29 is 9.53 Å². The summed E-state index contributed by atoms with van der Waals surface area (Å²) in [4.78, 5) is 18.2. The van der Waals surface area contributed by atoms with Crippen LogP contribution in [0.1, 0.15) is 54.2 Å². The van der Waals surface area contributed by atoms with E-state index in [1.165, 1.54) is 25.5 Å². The van der Waals surface area contributed by atoms with Crippen molar-refractivity contribution in [3.63, 3.8) is 0 Å². The average molecular weight is 473 g/mol. The lowest BCUT2D eigenvalue weighted by Crippen LogP contribution is -2.08. The van der Waals surface area contributed by atoms with Crippen LogP contribution in [0.25, 0.3) is 16.1 Å². The molecule has 7 heteroatoms. The molecule has 0 aliphatic heterocycles. The topological polar surface area (TPSA) is 69.0 Å². The van der Waals surface area contributed by atoms with Gasteiger partial charge in [0, 0.05) is 28.4 Å². The van der Waals surface area contributed by atoms with Crippen LogP contribution in [0.15, 0.2) is 60.1 Å². The monoisotopic (exact) mass is 472 g/mol. The molecule has 4 aromatic rings. The highest BCUT2D eigenvalue weighted by Crippen LogP contribution is 2.40. The summed E-state index contributed by atoms with van der Waals surface area (Å²) in [6.07, 6.45) is 5.22. The van der Waals surface area contributed by atoms with Gasteiger partial charge in [0.05, 0.1) is 12.8 Å². The number of nitrogens with one attached hydrogen (secondary N) is 1. The maximum absolute atomic E-state index is 12.6. The molecule has 0 atom stereocenters. The fourth-order valence-corrected chi connectivity index (χ4v) is 4.81. The Kier molecular flexibility index (Phi) is 6.20. The smallest absolute Gasteiger partial charge is 0.341 e. The SMILES string of the molecule is COC(=O)c1cc(-c2cccs2)cnc1Nc1cc(CC(C)C)n(-c2ccc(C3CC3)cc2)n1. The fraction of sp³-hybridized carbons (Fsp3) is 0.296. The van der Waals surface area contributed by atoms with Crippen molar-refractivity contribution in [2.24, 2.45) is 5.92 Å². The molecule has 0 saturated heterocycles. The zero-order chi connectivity index (χ0) is 23.7. The number of methoxy groups -OCH3 is 1. The molecule has 0 radical (unpaired) electrons. The molecular weight excluding hydrogens is 444 g/mol. The highest BCUT2D eigenvalue weighted by molar-refractivity contribution is 7.13. The summed E-state index contributed by atoms with van der Waals surface area (Å²) in [5.41, 5.74) is 4.79. The van der Waals surface area contributed by atoms with Crippen molar-refractivity contribution in [1.82, 2.24) is 14.8 Å². The molecule has 5 rings (SSSR count). The predicted octanol–water partition coefficient (Wildman–Crippen LogP) is 6.60. The Morgan fingerprint density at radius 2 is 2.00 bits per heavy atom. The van der Waals surface area contributed by atoms with E-state index in [9.17, 15) is 4.79 Å². The minimum atomic E-state index is -0.439. The summed E-state index contributed by atoms with van der Waals surface area (Å²) >= 11 is 1.60. The Morgan fingerprint density at radius 3 is 2.65 bits per heavy atom. The van der Waals surface area contributed by atoms with Gasteiger partial charge in [-0.15, -0.1) is 16.4 Å². The second-order valence-corrected chi connectivity index (χ2v) is 10.1. The average Bonchev–Trinajstić information content (AvgIpc) is 3.40. The van der Waals surface area contributed by atoms with Crippen molar-refractivity contribution in [2.75, 3.05) is 12.4 Å². The molecule has 1 aromatic carbocycles. The van der Waals surface area contributed by atoms with Crippen LogP contribution in [-0.2, 0) is 11.2 Å². The Labute approximate surface area is 203 Å². The summed E-state index contributed by atoms with van der Waals surface area (Å²) in [6, 6.07) is 16.5. The van der Waals surface area contributed by atoms with Crippen LogP contribution < -0.4 is 5.32 Å². The van der Waals surface area contributed by atoms with Gasteiger partial charge in [-0.1, -0.05) is 32.0 Å². The normalized spacial score (nSPS) is 13.3. The van der Waals surface area contributed by atoms with Crippen molar-refractivity contribution in [3.8, 4) is 16.1 Å². The molecule has 1 fully saturated rings.